The Kier molecular flexibility index (Phi) is 5.67. The van der Waals surface area contributed by atoms with E-state index in [1.807, 2.05) is 12.1 Å². The summed E-state index contributed by atoms with van der Waals surface area (Å²) in [7, 11) is 1.68. The van der Waals surface area contributed by atoms with Gasteiger partial charge >= 0.3 is 0 Å². The number of carbonyl (C=O) groups is 1. The summed E-state index contributed by atoms with van der Waals surface area (Å²) in [6, 6.07) is 14.6. The Morgan fingerprint density at radius 2 is 1.84 bits per heavy atom. The van der Waals surface area contributed by atoms with E-state index in [1.165, 1.54) is 11.1 Å². The van der Waals surface area contributed by atoms with Crippen LogP contribution in [-0.2, 0) is 4.79 Å². The van der Waals surface area contributed by atoms with Gasteiger partial charge in [-0.3, -0.25) is 9.69 Å². The maximum atomic E-state index is 11.8. The predicted octanol–water partition coefficient (Wildman–Crippen LogP) is 3.95. The van der Waals surface area contributed by atoms with Gasteiger partial charge < -0.3 is 10.2 Å². The summed E-state index contributed by atoms with van der Waals surface area (Å²) in [5, 5.41) is 8.09. The van der Waals surface area contributed by atoms with Crippen LogP contribution in [0.2, 0.25) is 0 Å². The number of nitrogens with one attached hydrogen (secondary N) is 1. The van der Waals surface area contributed by atoms with Gasteiger partial charge in [0.25, 0.3) is 0 Å². The van der Waals surface area contributed by atoms with E-state index in [9.17, 15) is 4.79 Å². The maximum Gasteiger partial charge on any atom is 0.233 e. The molecule has 1 aromatic carbocycles. The predicted molar refractivity (Wildman–Crippen MR) is 129 cm³/mol. The number of amides is 1. The van der Waals surface area contributed by atoms with Gasteiger partial charge in [0.15, 0.2) is 5.82 Å². The lowest BCUT2D eigenvalue weighted by Crippen LogP contribution is -2.49. The quantitative estimate of drug-likeness (QED) is 0.500. The van der Waals surface area contributed by atoms with E-state index in [2.05, 4.69) is 56.2 Å². The van der Waals surface area contributed by atoms with Crippen LogP contribution < -0.4 is 10.2 Å². The van der Waals surface area contributed by atoms with Crippen molar-refractivity contribution in [3.05, 3.63) is 53.2 Å². The van der Waals surface area contributed by atoms with Crippen LogP contribution in [-0.4, -0.2) is 60.5 Å². The van der Waals surface area contributed by atoms with Gasteiger partial charge in [-0.2, -0.15) is 0 Å². The van der Waals surface area contributed by atoms with Crippen molar-refractivity contribution in [2.75, 3.05) is 44.7 Å². The molecular weight excluding hydrogens is 426 g/mol. The molecule has 1 aliphatic heterocycles. The van der Waals surface area contributed by atoms with Crippen LogP contribution in [0.5, 0.6) is 0 Å². The van der Waals surface area contributed by atoms with Crippen molar-refractivity contribution in [2.45, 2.75) is 0 Å². The molecule has 0 radical (unpaired) electrons. The number of likely N-dealkylation sites (N-methyl/N-ethyl adjacent to an activating group) is 1. The number of aromatic nitrogens is 2. The average molecular weight is 450 g/mol. The second-order valence-corrected chi connectivity index (χ2v) is 9.29. The van der Waals surface area contributed by atoms with Crippen molar-refractivity contribution in [1.29, 1.82) is 0 Å². The van der Waals surface area contributed by atoms with Crippen LogP contribution >= 0.6 is 22.7 Å². The fraction of sp³-hybridized carbons (Fsp3) is 0.261. The van der Waals surface area contributed by atoms with E-state index in [0.29, 0.717) is 6.54 Å². The minimum Gasteiger partial charge on any atom is -0.358 e. The molecule has 0 bridgehead atoms. The highest BCUT2D eigenvalue weighted by atomic mass is 32.1. The normalized spacial score (nSPS) is 14.8. The number of nitrogens with zero attached hydrogens (tertiary/aromatic N) is 4. The molecule has 158 valence electrons. The van der Waals surface area contributed by atoms with Crippen LogP contribution in [0.1, 0.15) is 0 Å². The molecule has 0 unspecified atom stereocenters. The molecule has 0 spiro atoms. The van der Waals surface area contributed by atoms with Crippen molar-refractivity contribution in [3.63, 3.8) is 0 Å². The fourth-order valence-corrected chi connectivity index (χ4v) is 5.50. The van der Waals surface area contributed by atoms with Gasteiger partial charge in [0.05, 0.1) is 16.8 Å². The van der Waals surface area contributed by atoms with E-state index in [0.717, 1.165) is 52.9 Å². The first-order valence-electron chi connectivity index (χ1n) is 10.3. The Balaban J connectivity index is 1.55. The summed E-state index contributed by atoms with van der Waals surface area (Å²) >= 11 is 3.34. The van der Waals surface area contributed by atoms with Gasteiger partial charge in [-0.1, -0.05) is 36.4 Å². The number of hydrogen-bond acceptors (Lipinski definition) is 7. The fourth-order valence-electron chi connectivity index (χ4n) is 3.90. The first kappa shape index (κ1) is 20.1. The highest BCUT2D eigenvalue weighted by molar-refractivity contribution is 7.17. The van der Waals surface area contributed by atoms with E-state index in [4.69, 9.17) is 9.97 Å². The first-order chi connectivity index (χ1) is 15.2. The molecule has 1 amide bonds. The van der Waals surface area contributed by atoms with E-state index in [-0.39, 0.29) is 5.91 Å². The minimum atomic E-state index is 0.0575. The van der Waals surface area contributed by atoms with Crippen molar-refractivity contribution >= 4 is 44.6 Å². The van der Waals surface area contributed by atoms with E-state index >= 15 is 0 Å². The number of rotatable bonds is 5. The molecular formula is C23H23N5OS2. The monoisotopic (exact) mass is 449 g/mol. The molecule has 4 heterocycles. The molecule has 1 aliphatic rings. The van der Waals surface area contributed by atoms with Crippen molar-refractivity contribution < 1.29 is 4.79 Å². The molecule has 1 fully saturated rings. The lowest BCUT2D eigenvalue weighted by Gasteiger charge is -2.35. The smallest absolute Gasteiger partial charge is 0.233 e. The van der Waals surface area contributed by atoms with Crippen molar-refractivity contribution in [1.82, 2.24) is 20.2 Å². The standard InChI is InChI=1S/C23H23N5OS2/c1-24-19(29)14-27-9-11-28(12-10-27)22-20-17(16-6-3-2-4-7-16)15-31-23(20)26-21(25-22)18-8-5-13-30-18/h2-8,13,15H,9-12,14H2,1H3,(H,24,29). The summed E-state index contributed by atoms with van der Waals surface area (Å²) < 4.78 is 0. The highest BCUT2D eigenvalue weighted by Gasteiger charge is 2.24. The van der Waals surface area contributed by atoms with Crippen LogP contribution in [0, 0.1) is 0 Å². The summed E-state index contributed by atoms with van der Waals surface area (Å²) in [5.74, 6) is 1.84. The van der Waals surface area contributed by atoms with Crippen molar-refractivity contribution in [3.8, 4) is 21.8 Å². The van der Waals surface area contributed by atoms with Crippen LogP contribution in [0.3, 0.4) is 0 Å². The maximum absolute atomic E-state index is 11.8. The minimum absolute atomic E-state index is 0.0575. The first-order valence-corrected chi connectivity index (χ1v) is 12.1. The summed E-state index contributed by atoms with van der Waals surface area (Å²) in [6.45, 7) is 3.77. The number of benzene rings is 1. The third kappa shape index (κ3) is 4.06. The number of piperazine rings is 1. The Labute approximate surface area is 189 Å². The molecule has 0 aliphatic carbocycles. The lowest BCUT2D eigenvalue weighted by atomic mass is 10.1. The number of fused-ring (bicyclic) bond motifs is 1. The Hall–Kier alpha value is -2.81. The number of anilines is 1. The topological polar surface area (TPSA) is 61.4 Å². The van der Waals surface area contributed by atoms with Gasteiger partial charge in [-0.15, -0.1) is 22.7 Å². The van der Waals surface area contributed by atoms with Gasteiger partial charge in [0.2, 0.25) is 5.91 Å². The molecule has 1 N–H and O–H groups in total. The molecule has 0 atom stereocenters. The second-order valence-electron chi connectivity index (χ2n) is 7.48. The molecule has 0 saturated carbocycles. The summed E-state index contributed by atoms with van der Waals surface area (Å²) in [6.07, 6.45) is 0. The number of carbonyl (C=O) groups excluding carboxylic acids is 1. The highest BCUT2D eigenvalue weighted by Crippen LogP contribution is 2.40. The number of thiophene rings is 2. The Morgan fingerprint density at radius 3 is 2.55 bits per heavy atom. The van der Waals surface area contributed by atoms with Gasteiger partial charge in [0.1, 0.15) is 10.6 Å². The average Bonchev–Trinajstić information content (AvgIpc) is 3.50. The van der Waals surface area contributed by atoms with Gasteiger partial charge in [-0.05, 0) is 17.0 Å². The molecule has 8 heteroatoms. The van der Waals surface area contributed by atoms with Crippen LogP contribution in [0.4, 0.5) is 5.82 Å². The zero-order valence-corrected chi connectivity index (χ0v) is 18.9. The molecule has 31 heavy (non-hydrogen) atoms. The van der Waals surface area contributed by atoms with Crippen LogP contribution in [0.25, 0.3) is 32.0 Å². The van der Waals surface area contributed by atoms with Gasteiger partial charge in [0, 0.05) is 44.2 Å². The van der Waals surface area contributed by atoms with Gasteiger partial charge in [-0.25, -0.2) is 9.97 Å². The number of hydrogen-bond donors (Lipinski definition) is 1. The Bertz CT molecular complexity index is 1180. The largest absolute Gasteiger partial charge is 0.358 e. The van der Waals surface area contributed by atoms with Crippen LogP contribution in [0.15, 0.2) is 53.2 Å². The molecule has 4 aromatic rings. The van der Waals surface area contributed by atoms with Crippen molar-refractivity contribution in [2.24, 2.45) is 0 Å². The van der Waals surface area contributed by atoms with E-state index < -0.39 is 0 Å². The third-order valence-electron chi connectivity index (χ3n) is 5.56. The SMILES string of the molecule is CNC(=O)CN1CCN(c2nc(-c3cccs3)nc3scc(-c4ccccc4)c23)CC1. The zero-order valence-electron chi connectivity index (χ0n) is 17.2. The molecule has 3 aromatic heterocycles. The van der Waals surface area contributed by atoms with E-state index in [1.54, 1.807) is 29.7 Å². The second kappa shape index (κ2) is 8.74. The molecule has 5 rings (SSSR count). The lowest BCUT2D eigenvalue weighted by molar-refractivity contribution is -0.121. The molecule has 6 nitrogen and oxygen atoms in total. The molecule has 1 saturated heterocycles. The zero-order chi connectivity index (χ0) is 21.2. The summed E-state index contributed by atoms with van der Waals surface area (Å²) in [5.41, 5.74) is 2.36. The third-order valence-corrected chi connectivity index (χ3v) is 7.30. The summed E-state index contributed by atoms with van der Waals surface area (Å²) in [4.78, 5) is 28.4. The Morgan fingerprint density at radius 1 is 1.03 bits per heavy atom.